The molecular weight excluding hydrogens is 459 g/mol. The number of nitrogens with zero attached hydrogens (tertiary/aromatic N) is 4. The molecule has 2 aromatic heterocycles. The number of amides is 2. The van der Waals surface area contributed by atoms with E-state index < -0.39 is 11.7 Å². The Kier molecular flexibility index (Phi) is 7.20. The Hall–Kier alpha value is -3.34. The van der Waals surface area contributed by atoms with Crippen molar-refractivity contribution in [2.24, 2.45) is 5.92 Å². The number of thiazole rings is 1. The summed E-state index contributed by atoms with van der Waals surface area (Å²) in [6.07, 6.45) is 3.66. The van der Waals surface area contributed by atoms with Crippen LogP contribution in [-0.2, 0) is 16.1 Å². The van der Waals surface area contributed by atoms with Gasteiger partial charge in [0.15, 0.2) is 10.8 Å². The number of carbonyl (C=O) groups excluding carboxylic acids is 2. The fraction of sp³-hybridized carbons (Fsp3) is 0.435. The van der Waals surface area contributed by atoms with Crippen molar-refractivity contribution < 1.29 is 14.0 Å². The number of hydrogen-bond donors (Lipinski definition) is 2. The SMILES string of the molecule is CCCNC(=O)C1CCN(c2nc3ncn(CC(=O)Nc4ccc(C)c(F)c4)c(=O)c3s2)CC1. The summed E-state index contributed by atoms with van der Waals surface area (Å²) in [4.78, 5) is 48.4. The molecule has 1 aliphatic heterocycles. The highest BCUT2D eigenvalue weighted by Crippen LogP contribution is 2.29. The lowest BCUT2D eigenvalue weighted by Gasteiger charge is -2.30. The van der Waals surface area contributed by atoms with Crippen molar-refractivity contribution in [2.45, 2.75) is 39.7 Å². The quantitative estimate of drug-likeness (QED) is 0.532. The summed E-state index contributed by atoms with van der Waals surface area (Å²) in [6, 6.07) is 4.42. The number of anilines is 2. The van der Waals surface area contributed by atoms with E-state index in [9.17, 15) is 18.8 Å². The highest BCUT2D eigenvalue weighted by Gasteiger charge is 2.26. The lowest BCUT2D eigenvalue weighted by Crippen LogP contribution is -2.40. The number of aryl methyl sites for hydroxylation is 1. The second-order valence-electron chi connectivity index (χ2n) is 8.39. The fourth-order valence-electron chi connectivity index (χ4n) is 3.83. The number of rotatable bonds is 7. The van der Waals surface area contributed by atoms with Gasteiger partial charge in [0.1, 0.15) is 23.4 Å². The standard InChI is InChI=1S/C23H27FN6O3S/c1-3-8-25-21(32)15-6-9-29(10-7-15)23-28-20-19(34-23)22(33)30(13-26-20)12-18(31)27-16-5-4-14(2)17(24)11-16/h4-5,11,13,15H,3,6-10,12H2,1-2H3,(H,25,32)(H,27,31). The van der Waals surface area contributed by atoms with Gasteiger partial charge >= 0.3 is 0 Å². The van der Waals surface area contributed by atoms with E-state index in [0.717, 1.165) is 19.3 Å². The highest BCUT2D eigenvalue weighted by molar-refractivity contribution is 7.22. The van der Waals surface area contributed by atoms with Crippen molar-refractivity contribution >= 4 is 44.3 Å². The first-order chi connectivity index (χ1) is 16.4. The van der Waals surface area contributed by atoms with E-state index >= 15 is 0 Å². The summed E-state index contributed by atoms with van der Waals surface area (Å²) < 4.78 is 15.3. The van der Waals surface area contributed by atoms with Crippen LogP contribution in [0.2, 0.25) is 0 Å². The number of benzene rings is 1. The van der Waals surface area contributed by atoms with Crippen LogP contribution < -0.4 is 21.1 Å². The van der Waals surface area contributed by atoms with Crippen LogP contribution >= 0.6 is 11.3 Å². The van der Waals surface area contributed by atoms with E-state index in [4.69, 9.17) is 0 Å². The van der Waals surface area contributed by atoms with Crippen molar-refractivity contribution in [1.29, 1.82) is 0 Å². The average molecular weight is 487 g/mol. The molecule has 0 unspecified atom stereocenters. The molecule has 0 aliphatic carbocycles. The van der Waals surface area contributed by atoms with Crippen LogP contribution in [0.3, 0.4) is 0 Å². The van der Waals surface area contributed by atoms with Crippen LogP contribution in [0.4, 0.5) is 15.2 Å². The van der Waals surface area contributed by atoms with Gasteiger partial charge < -0.3 is 15.5 Å². The fourth-order valence-corrected chi connectivity index (χ4v) is 4.85. The summed E-state index contributed by atoms with van der Waals surface area (Å²) in [7, 11) is 0. The molecule has 180 valence electrons. The Labute approximate surface area is 200 Å². The Morgan fingerprint density at radius 1 is 1.26 bits per heavy atom. The number of nitrogens with one attached hydrogen (secondary N) is 2. The second-order valence-corrected chi connectivity index (χ2v) is 9.37. The predicted molar refractivity (Wildman–Crippen MR) is 130 cm³/mol. The van der Waals surface area contributed by atoms with Crippen molar-refractivity contribution in [3.8, 4) is 0 Å². The average Bonchev–Trinajstić information content (AvgIpc) is 3.27. The number of piperidine rings is 1. The van der Waals surface area contributed by atoms with E-state index in [1.54, 1.807) is 19.1 Å². The van der Waals surface area contributed by atoms with Gasteiger partial charge in [0, 0.05) is 31.2 Å². The van der Waals surface area contributed by atoms with Gasteiger partial charge in [0.2, 0.25) is 11.8 Å². The van der Waals surface area contributed by atoms with Gasteiger partial charge in [-0.25, -0.2) is 9.37 Å². The second kappa shape index (κ2) is 10.3. The van der Waals surface area contributed by atoms with Gasteiger partial charge in [-0.3, -0.25) is 19.0 Å². The van der Waals surface area contributed by atoms with Crippen LogP contribution in [0.15, 0.2) is 29.3 Å². The van der Waals surface area contributed by atoms with E-state index in [1.807, 2.05) is 6.92 Å². The molecule has 11 heteroatoms. The molecule has 1 fully saturated rings. The normalized spacial score (nSPS) is 14.4. The first kappa shape index (κ1) is 23.8. The van der Waals surface area contributed by atoms with Gasteiger partial charge in [0.05, 0.1) is 0 Å². The molecule has 0 spiro atoms. The Morgan fingerprint density at radius 2 is 2.03 bits per heavy atom. The molecule has 0 radical (unpaired) electrons. The monoisotopic (exact) mass is 486 g/mol. The number of aromatic nitrogens is 3. The zero-order chi connectivity index (χ0) is 24.2. The topological polar surface area (TPSA) is 109 Å². The third-order valence-corrected chi connectivity index (χ3v) is 6.92. The highest BCUT2D eigenvalue weighted by atomic mass is 32.1. The third kappa shape index (κ3) is 5.24. The molecule has 3 aromatic rings. The van der Waals surface area contributed by atoms with E-state index in [1.165, 1.54) is 28.3 Å². The zero-order valence-electron chi connectivity index (χ0n) is 19.1. The molecule has 1 aliphatic rings. The summed E-state index contributed by atoms with van der Waals surface area (Å²) >= 11 is 1.24. The van der Waals surface area contributed by atoms with E-state index in [2.05, 4.69) is 25.5 Å². The molecule has 1 aromatic carbocycles. The van der Waals surface area contributed by atoms with Crippen LogP contribution in [0.5, 0.6) is 0 Å². The van der Waals surface area contributed by atoms with Crippen LogP contribution in [0.1, 0.15) is 31.7 Å². The largest absolute Gasteiger partial charge is 0.356 e. The van der Waals surface area contributed by atoms with Gasteiger partial charge in [0.25, 0.3) is 5.56 Å². The van der Waals surface area contributed by atoms with Gasteiger partial charge in [-0.1, -0.05) is 24.3 Å². The number of fused-ring (bicyclic) bond motifs is 1. The molecule has 9 nitrogen and oxygen atoms in total. The van der Waals surface area contributed by atoms with Crippen molar-refractivity contribution in [3.63, 3.8) is 0 Å². The maximum Gasteiger partial charge on any atom is 0.273 e. The predicted octanol–water partition coefficient (Wildman–Crippen LogP) is 2.68. The van der Waals surface area contributed by atoms with Gasteiger partial charge in [-0.05, 0) is 43.9 Å². The minimum absolute atomic E-state index is 0.00644. The Morgan fingerprint density at radius 3 is 2.74 bits per heavy atom. The molecule has 0 saturated carbocycles. The Balaban J connectivity index is 1.42. The van der Waals surface area contributed by atoms with Crippen LogP contribution in [0.25, 0.3) is 10.3 Å². The summed E-state index contributed by atoms with van der Waals surface area (Å²) in [5.74, 6) is -0.782. The zero-order valence-corrected chi connectivity index (χ0v) is 20.0. The molecule has 0 bridgehead atoms. The molecule has 0 atom stereocenters. The first-order valence-electron chi connectivity index (χ1n) is 11.3. The number of halogens is 1. The van der Waals surface area contributed by atoms with Crippen LogP contribution in [0, 0.1) is 18.7 Å². The molecule has 2 amide bonds. The van der Waals surface area contributed by atoms with E-state index in [-0.39, 0.29) is 23.9 Å². The molecule has 1 saturated heterocycles. The first-order valence-corrected chi connectivity index (χ1v) is 12.1. The number of carbonyl (C=O) groups is 2. The van der Waals surface area contributed by atoms with Crippen LogP contribution in [-0.4, -0.2) is 46.0 Å². The lowest BCUT2D eigenvalue weighted by molar-refractivity contribution is -0.125. The van der Waals surface area contributed by atoms with Gasteiger partial charge in [-0.15, -0.1) is 0 Å². The third-order valence-electron chi connectivity index (χ3n) is 5.83. The molecule has 3 heterocycles. The summed E-state index contributed by atoms with van der Waals surface area (Å²) in [5, 5.41) is 6.23. The van der Waals surface area contributed by atoms with Crippen molar-refractivity contribution in [2.75, 3.05) is 29.9 Å². The number of hydrogen-bond acceptors (Lipinski definition) is 7. The molecule has 4 rings (SSSR count). The lowest BCUT2D eigenvalue weighted by atomic mass is 9.96. The van der Waals surface area contributed by atoms with Crippen molar-refractivity contribution in [3.05, 3.63) is 46.3 Å². The summed E-state index contributed by atoms with van der Waals surface area (Å²) in [5.41, 5.74) is 0.786. The van der Waals surface area contributed by atoms with E-state index in [0.29, 0.717) is 46.4 Å². The molecule has 2 N–H and O–H groups in total. The Bertz CT molecular complexity index is 1270. The van der Waals surface area contributed by atoms with Crippen molar-refractivity contribution in [1.82, 2.24) is 19.9 Å². The minimum atomic E-state index is -0.459. The van der Waals surface area contributed by atoms with Gasteiger partial charge in [-0.2, -0.15) is 4.98 Å². The minimum Gasteiger partial charge on any atom is -0.356 e. The maximum atomic E-state index is 13.7. The maximum absolute atomic E-state index is 13.7. The summed E-state index contributed by atoms with van der Waals surface area (Å²) in [6.45, 7) is 5.45. The molecule has 34 heavy (non-hydrogen) atoms. The molecular formula is C23H27FN6O3S. The smallest absolute Gasteiger partial charge is 0.273 e.